The normalized spacial score (nSPS) is 20.6. The van der Waals surface area contributed by atoms with E-state index in [0.29, 0.717) is 35.8 Å². The number of aldehydes is 2. The minimum Gasteiger partial charge on any atom is -0.488 e. The Morgan fingerprint density at radius 3 is 1.35 bits per heavy atom. The molecule has 0 heterocycles. The summed E-state index contributed by atoms with van der Waals surface area (Å²) >= 11 is 0. The van der Waals surface area contributed by atoms with Gasteiger partial charge in [0.2, 0.25) is 0 Å². The summed E-state index contributed by atoms with van der Waals surface area (Å²) in [6.07, 6.45) is 1.92. The molecule has 0 fully saturated rings. The fraction of sp³-hybridized carbons (Fsp3) is 0.333. The first-order valence-corrected chi connectivity index (χ1v) is 15.1. The third-order valence-corrected chi connectivity index (χ3v) is 10.1. The average Bonchev–Trinajstić information content (AvgIpc) is 3.29. The fourth-order valence-electron chi connectivity index (χ4n) is 8.92. The molecule has 0 aliphatic heterocycles. The van der Waals surface area contributed by atoms with Crippen LogP contribution in [0, 0.1) is 19.8 Å². The SMILES string of the molecule is Cc1cc2c(c(C=O)c1OCc1ccccc1)[C@]1(C)c3c(cc(C)c(OCc4ccccc4)c3C=O)C(C)(C)[C@@H]1C2(C)C. The highest BCUT2D eigenvalue weighted by molar-refractivity contribution is 5.91. The van der Waals surface area contributed by atoms with Crippen LogP contribution in [-0.2, 0) is 29.5 Å². The highest BCUT2D eigenvalue weighted by atomic mass is 16.5. The van der Waals surface area contributed by atoms with E-state index in [1.54, 1.807) is 0 Å². The number of ether oxygens (including phenoxy) is 2. The maximum Gasteiger partial charge on any atom is 0.154 e. The largest absolute Gasteiger partial charge is 0.488 e. The number of aryl methyl sites for hydroxylation is 2. The van der Waals surface area contributed by atoms with Crippen molar-refractivity contribution in [2.45, 2.75) is 77.9 Å². The standard InChI is InChI=1S/C39H40O4/c1-24-18-30-32(28(20-40)34(24)42-22-26-14-10-8-11-15-26)39(7)33-29(21-41)35(43-23-27-16-12-9-13-17-27)25(2)19-31(33)38(5,6)36(39)37(30,3)4/h8-21,36H,22-23H2,1-7H3/t36-,39+. The Morgan fingerprint density at radius 1 is 0.628 bits per heavy atom. The molecule has 43 heavy (non-hydrogen) atoms. The van der Waals surface area contributed by atoms with Crippen molar-refractivity contribution in [3.05, 3.63) is 128 Å². The van der Waals surface area contributed by atoms with Crippen molar-refractivity contribution >= 4 is 12.6 Å². The molecule has 0 saturated heterocycles. The molecule has 2 aliphatic rings. The first-order chi connectivity index (χ1) is 20.5. The van der Waals surface area contributed by atoms with Gasteiger partial charge in [0.15, 0.2) is 12.6 Å². The summed E-state index contributed by atoms with van der Waals surface area (Å²) in [6, 6.07) is 24.4. The number of carbonyl (C=O) groups excluding carboxylic acids is 2. The third-order valence-electron chi connectivity index (χ3n) is 10.1. The molecule has 220 valence electrons. The van der Waals surface area contributed by atoms with Crippen LogP contribution in [0.25, 0.3) is 0 Å². The maximum absolute atomic E-state index is 13.1. The van der Waals surface area contributed by atoms with Gasteiger partial charge < -0.3 is 9.47 Å². The molecular weight excluding hydrogens is 532 g/mol. The number of rotatable bonds is 8. The van der Waals surface area contributed by atoms with Gasteiger partial charge in [0, 0.05) is 5.41 Å². The minimum absolute atomic E-state index is 0.0856. The topological polar surface area (TPSA) is 52.6 Å². The van der Waals surface area contributed by atoms with E-state index >= 15 is 0 Å². The molecule has 0 atom stereocenters. The Hall–Kier alpha value is -4.18. The monoisotopic (exact) mass is 572 g/mol. The predicted molar refractivity (Wildman–Crippen MR) is 171 cm³/mol. The lowest BCUT2D eigenvalue weighted by atomic mass is 9.61. The Morgan fingerprint density at radius 2 is 1.00 bits per heavy atom. The van der Waals surface area contributed by atoms with E-state index in [9.17, 15) is 9.59 Å². The van der Waals surface area contributed by atoms with Gasteiger partial charge in [-0.25, -0.2) is 0 Å². The third kappa shape index (κ3) is 4.17. The van der Waals surface area contributed by atoms with Gasteiger partial charge in [-0.1, -0.05) is 107 Å². The molecule has 0 aromatic heterocycles. The summed E-state index contributed by atoms with van der Waals surface area (Å²) in [4.78, 5) is 26.3. The number of carbonyl (C=O) groups is 2. The molecule has 0 radical (unpaired) electrons. The van der Waals surface area contributed by atoms with Crippen molar-refractivity contribution in [1.82, 2.24) is 0 Å². The van der Waals surface area contributed by atoms with E-state index in [4.69, 9.17) is 9.47 Å². The zero-order valence-corrected chi connectivity index (χ0v) is 26.2. The highest BCUT2D eigenvalue weighted by Gasteiger charge is 2.66. The van der Waals surface area contributed by atoms with Gasteiger partial charge in [-0.05, 0) is 75.1 Å². The second kappa shape index (κ2) is 10.2. The predicted octanol–water partition coefficient (Wildman–Crippen LogP) is 8.59. The molecule has 0 amide bonds. The molecule has 4 aromatic rings. The van der Waals surface area contributed by atoms with E-state index < -0.39 is 5.41 Å². The number of hydrogen-bond donors (Lipinski definition) is 0. The van der Waals surface area contributed by atoms with Crippen molar-refractivity contribution < 1.29 is 19.1 Å². The summed E-state index contributed by atoms with van der Waals surface area (Å²) in [5.74, 6) is 1.31. The summed E-state index contributed by atoms with van der Waals surface area (Å²) in [5, 5.41) is 0. The zero-order chi connectivity index (χ0) is 30.7. The van der Waals surface area contributed by atoms with Crippen LogP contribution in [0.1, 0.15) is 99.8 Å². The van der Waals surface area contributed by atoms with Crippen LogP contribution < -0.4 is 9.47 Å². The molecule has 4 heteroatoms. The summed E-state index contributed by atoms with van der Waals surface area (Å²) in [7, 11) is 0. The first kappa shape index (κ1) is 28.9. The molecule has 0 N–H and O–H groups in total. The lowest BCUT2D eigenvalue weighted by molar-refractivity contribution is 0.111. The number of fused-ring (bicyclic) bond motifs is 5. The van der Waals surface area contributed by atoms with Crippen LogP contribution in [-0.4, -0.2) is 12.6 Å². The Bertz CT molecular complexity index is 1610. The molecule has 4 nitrogen and oxygen atoms in total. The second-order valence-corrected chi connectivity index (χ2v) is 13.6. The lowest BCUT2D eigenvalue weighted by Crippen LogP contribution is -2.42. The molecule has 2 aliphatic carbocycles. The number of hydrogen-bond acceptors (Lipinski definition) is 4. The van der Waals surface area contributed by atoms with Gasteiger partial charge in [-0.2, -0.15) is 0 Å². The Balaban J connectivity index is 1.58. The van der Waals surface area contributed by atoms with Crippen LogP contribution in [0.2, 0.25) is 0 Å². The Kier molecular flexibility index (Phi) is 6.87. The first-order valence-electron chi connectivity index (χ1n) is 15.1. The molecule has 4 aromatic carbocycles. The summed E-state index contributed by atoms with van der Waals surface area (Å²) < 4.78 is 12.9. The molecule has 0 unspecified atom stereocenters. The second-order valence-electron chi connectivity index (χ2n) is 13.6. The van der Waals surface area contributed by atoms with Gasteiger partial charge >= 0.3 is 0 Å². The Labute approximate surface area is 255 Å². The van der Waals surface area contributed by atoms with Crippen molar-refractivity contribution in [3.63, 3.8) is 0 Å². The fourth-order valence-corrected chi connectivity index (χ4v) is 8.92. The van der Waals surface area contributed by atoms with Gasteiger partial charge in [0.05, 0.1) is 11.1 Å². The highest BCUT2D eigenvalue weighted by Crippen LogP contribution is 2.70. The van der Waals surface area contributed by atoms with E-state index in [1.165, 1.54) is 0 Å². The molecule has 6 rings (SSSR count). The van der Waals surface area contributed by atoms with E-state index in [1.807, 2.05) is 74.5 Å². The summed E-state index contributed by atoms with van der Waals surface area (Å²) in [5.41, 5.74) is 8.16. The molecular formula is C39H40O4. The van der Waals surface area contributed by atoms with Crippen LogP contribution >= 0.6 is 0 Å². The zero-order valence-electron chi connectivity index (χ0n) is 26.2. The maximum atomic E-state index is 13.1. The smallest absolute Gasteiger partial charge is 0.154 e. The van der Waals surface area contributed by atoms with Gasteiger partial charge in [-0.3, -0.25) is 9.59 Å². The van der Waals surface area contributed by atoms with Crippen LogP contribution in [0.3, 0.4) is 0 Å². The average molecular weight is 573 g/mol. The summed E-state index contributed by atoms with van der Waals surface area (Å²) in [6.45, 7) is 16.1. The quantitative estimate of drug-likeness (QED) is 0.198. The van der Waals surface area contributed by atoms with Crippen LogP contribution in [0.5, 0.6) is 11.5 Å². The van der Waals surface area contributed by atoms with Crippen LogP contribution in [0.15, 0.2) is 72.8 Å². The van der Waals surface area contributed by atoms with E-state index in [-0.39, 0.29) is 16.7 Å². The minimum atomic E-state index is -0.624. The van der Waals surface area contributed by atoms with Crippen molar-refractivity contribution in [2.75, 3.05) is 0 Å². The molecule has 0 spiro atoms. The molecule has 0 bridgehead atoms. The van der Waals surface area contributed by atoms with Gasteiger partial charge in [0.25, 0.3) is 0 Å². The van der Waals surface area contributed by atoms with Crippen molar-refractivity contribution in [3.8, 4) is 11.5 Å². The van der Waals surface area contributed by atoms with Crippen molar-refractivity contribution in [1.29, 1.82) is 0 Å². The number of benzene rings is 4. The van der Waals surface area contributed by atoms with Gasteiger partial charge in [0.1, 0.15) is 24.7 Å². The molecule has 0 saturated carbocycles. The van der Waals surface area contributed by atoms with Crippen molar-refractivity contribution in [2.24, 2.45) is 5.92 Å². The lowest BCUT2D eigenvalue weighted by Gasteiger charge is -2.41. The van der Waals surface area contributed by atoms with Crippen LogP contribution in [0.4, 0.5) is 0 Å². The van der Waals surface area contributed by atoms with E-state index in [0.717, 1.165) is 57.1 Å². The van der Waals surface area contributed by atoms with Gasteiger partial charge in [-0.15, -0.1) is 0 Å². The van der Waals surface area contributed by atoms with E-state index in [2.05, 4.69) is 46.8 Å².